The van der Waals surface area contributed by atoms with Crippen molar-refractivity contribution in [3.05, 3.63) is 65.2 Å². The second-order valence-corrected chi connectivity index (χ2v) is 6.11. The van der Waals surface area contributed by atoms with Crippen LogP contribution in [0.2, 0.25) is 5.02 Å². The van der Waals surface area contributed by atoms with E-state index in [0.717, 1.165) is 10.5 Å². The Morgan fingerprint density at radius 1 is 1.19 bits per heavy atom. The number of carbonyl (C=O) groups is 1. The highest BCUT2D eigenvalue weighted by molar-refractivity contribution is 7.99. The van der Waals surface area contributed by atoms with Gasteiger partial charge in [0.2, 0.25) is 5.91 Å². The number of benzene rings is 2. The highest BCUT2D eigenvalue weighted by atomic mass is 35.5. The van der Waals surface area contributed by atoms with E-state index in [-0.39, 0.29) is 0 Å². The van der Waals surface area contributed by atoms with E-state index >= 15 is 0 Å². The predicted molar refractivity (Wildman–Crippen MR) is 88.6 cm³/mol. The third-order valence-electron chi connectivity index (χ3n) is 3.38. The number of primary amides is 1. The smallest absolute Gasteiger partial charge is 0.243 e. The lowest BCUT2D eigenvalue weighted by atomic mass is 9.91. The van der Waals surface area contributed by atoms with Crippen LogP contribution in [0.15, 0.2) is 59.5 Å². The molecule has 1 unspecified atom stereocenters. The van der Waals surface area contributed by atoms with Gasteiger partial charge in [0.05, 0.1) is 0 Å². The standard InChI is InChI=1S/C16H17ClN2OS/c1-19-16(15(18)20,12-5-3-2-4-6-12)11-21-14-9-7-13(17)8-10-14/h2-10,19H,11H2,1H3,(H2,18,20). The van der Waals surface area contributed by atoms with Gasteiger partial charge in [0.1, 0.15) is 5.54 Å². The molecule has 0 saturated heterocycles. The van der Waals surface area contributed by atoms with Crippen LogP contribution in [0.5, 0.6) is 0 Å². The van der Waals surface area contributed by atoms with E-state index in [1.165, 1.54) is 0 Å². The molecule has 3 N–H and O–H groups in total. The maximum absolute atomic E-state index is 12.1. The number of thioether (sulfide) groups is 1. The van der Waals surface area contributed by atoms with Crippen molar-refractivity contribution in [2.24, 2.45) is 5.73 Å². The Hall–Kier alpha value is -1.49. The number of likely N-dealkylation sites (N-methyl/N-ethyl adjacent to an activating group) is 1. The quantitative estimate of drug-likeness (QED) is 0.804. The summed E-state index contributed by atoms with van der Waals surface area (Å²) < 4.78 is 0. The lowest BCUT2D eigenvalue weighted by Crippen LogP contribution is -2.53. The molecule has 0 bridgehead atoms. The lowest BCUT2D eigenvalue weighted by Gasteiger charge is -2.30. The van der Waals surface area contributed by atoms with Gasteiger partial charge in [0.25, 0.3) is 0 Å². The molecule has 1 amide bonds. The second-order valence-electron chi connectivity index (χ2n) is 4.63. The highest BCUT2D eigenvalue weighted by Gasteiger charge is 2.36. The number of amides is 1. The first-order valence-electron chi connectivity index (χ1n) is 6.51. The fourth-order valence-corrected chi connectivity index (χ4v) is 3.37. The zero-order chi connectivity index (χ0) is 15.3. The van der Waals surface area contributed by atoms with Crippen LogP contribution in [0.3, 0.4) is 0 Å². The summed E-state index contributed by atoms with van der Waals surface area (Å²) in [6.45, 7) is 0. The van der Waals surface area contributed by atoms with E-state index in [1.54, 1.807) is 18.8 Å². The van der Waals surface area contributed by atoms with Crippen LogP contribution in [0.1, 0.15) is 5.56 Å². The molecule has 21 heavy (non-hydrogen) atoms. The monoisotopic (exact) mass is 320 g/mol. The number of halogens is 1. The Bertz CT molecular complexity index is 603. The van der Waals surface area contributed by atoms with Gasteiger partial charge in [-0.25, -0.2) is 0 Å². The van der Waals surface area contributed by atoms with E-state index in [0.29, 0.717) is 10.8 Å². The third kappa shape index (κ3) is 3.59. The Labute approximate surface area is 133 Å². The molecule has 2 aromatic rings. The van der Waals surface area contributed by atoms with Crippen molar-refractivity contribution in [2.75, 3.05) is 12.8 Å². The van der Waals surface area contributed by atoms with Crippen LogP contribution in [-0.2, 0) is 10.3 Å². The number of nitrogens with one attached hydrogen (secondary N) is 1. The molecule has 110 valence electrons. The van der Waals surface area contributed by atoms with E-state index in [2.05, 4.69) is 5.32 Å². The van der Waals surface area contributed by atoms with Crippen molar-refractivity contribution in [1.29, 1.82) is 0 Å². The Morgan fingerprint density at radius 3 is 2.33 bits per heavy atom. The normalized spacial score (nSPS) is 13.6. The van der Waals surface area contributed by atoms with E-state index < -0.39 is 11.4 Å². The molecule has 2 aromatic carbocycles. The van der Waals surface area contributed by atoms with Gasteiger partial charge in [0, 0.05) is 15.7 Å². The largest absolute Gasteiger partial charge is 0.368 e. The maximum Gasteiger partial charge on any atom is 0.243 e. The Balaban J connectivity index is 2.25. The van der Waals surface area contributed by atoms with E-state index in [4.69, 9.17) is 17.3 Å². The molecule has 0 saturated carbocycles. The van der Waals surface area contributed by atoms with Crippen molar-refractivity contribution in [3.8, 4) is 0 Å². The van der Waals surface area contributed by atoms with Crippen LogP contribution in [0.25, 0.3) is 0 Å². The van der Waals surface area contributed by atoms with Crippen molar-refractivity contribution < 1.29 is 4.79 Å². The molecule has 0 radical (unpaired) electrons. The van der Waals surface area contributed by atoms with Gasteiger partial charge in [0.15, 0.2) is 0 Å². The molecule has 2 rings (SSSR count). The summed E-state index contributed by atoms with van der Waals surface area (Å²) >= 11 is 7.44. The zero-order valence-corrected chi connectivity index (χ0v) is 13.2. The molecular weight excluding hydrogens is 304 g/mol. The molecule has 0 spiro atoms. The fraction of sp³-hybridized carbons (Fsp3) is 0.188. The second kappa shape index (κ2) is 6.98. The van der Waals surface area contributed by atoms with Crippen molar-refractivity contribution >= 4 is 29.3 Å². The number of hydrogen-bond acceptors (Lipinski definition) is 3. The van der Waals surface area contributed by atoms with Gasteiger partial charge in [-0.1, -0.05) is 41.9 Å². The fourth-order valence-electron chi connectivity index (χ4n) is 2.08. The molecule has 0 aliphatic carbocycles. The van der Waals surface area contributed by atoms with Gasteiger partial charge in [-0.15, -0.1) is 11.8 Å². The van der Waals surface area contributed by atoms with Gasteiger partial charge in [-0.3, -0.25) is 4.79 Å². The SMILES string of the molecule is CNC(CSc1ccc(Cl)cc1)(C(N)=O)c1ccccc1. The van der Waals surface area contributed by atoms with E-state index in [9.17, 15) is 4.79 Å². The number of rotatable bonds is 6. The Morgan fingerprint density at radius 2 is 1.81 bits per heavy atom. The molecule has 0 aliphatic heterocycles. The first-order valence-corrected chi connectivity index (χ1v) is 7.87. The molecule has 0 aliphatic rings. The van der Waals surface area contributed by atoms with Crippen LogP contribution < -0.4 is 11.1 Å². The molecule has 0 heterocycles. The number of carbonyl (C=O) groups excluding carboxylic acids is 1. The summed E-state index contributed by atoms with van der Waals surface area (Å²) in [7, 11) is 1.75. The summed E-state index contributed by atoms with van der Waals surface area (Å²) in [6, 6.07) is 17.0. The van der Waals surface area contributed by atoms with Crippen molar-refractivity contribution in [1.82, 2.24) is 5.32 Å². The third-order valence-corrected chi connectivity index (χ3v) is 4.82. The minimum Gasteiger partial charge on any atom is -0.368 e. The molecule has 3 nitrogen and oxygen atoms in total. The molecular formula is C16H17ClN2OS. The zero-order valence-electron chi connectivity index (χ0n) is 11.7. The summed E-state index contributed by atoms with van der Waals surface area (Å²) in [5.74, 6) is 0.113. The number of nitrogens with two attached hydrogens (primary N) is 1. The average Bonchev–Trinajstić information content (AvgIpc) is 2.51. The van der Waals surface area contributed by atoms with E-state index in [1.807, 2.05) is 54.6 Å². The molecule has 5 heteroatoms. The van der Waals surface area contributed by atoms with Gasteiger partial charge in [-0.05, 0) is 36.9 Å². The summed E-state index contributed by atoms with van der Waals surface area (Å²) in [4.78, 5) is 13.1. The van der Waals surface area contributed by atoms with Crippen molar-refractivity contribution in [2.45, 2.75) is 10.4 Å². The van der Waals surface area contributed by atoms with Crippen LogP contribution in [-0.4, -0.2) is 18.7 Å². The minimum atomic E-state index is -0.897. The van der Waals surface area contributed by atoms with Gasteiger partial charge in [-0.2, -0.15) is 0 Å². The lowest BCUT2D eigenvalue weighted by molar-refractivity contribution is -0.123. The topological polar surface area (TPSA) is 55.1 Å². The van der Waals surface area contributed by atoms with Gasteiger partial charge < -0.3 is 11.1 Å². The first-order chi connectivity index (χ1) is 10.1. The predicted octanol–water partition coefficient (Wildman–Crippen LogP) is 3.03. The van der Waals surface area contributed by atoms with Gasteiger partial charge >= 0.3 is 0 Å². The summed E-state index contributed by atoms with van der Waals surface area (Å²) in [5.41, 5.74) is 5.63. The highest BCUT2D eigenvalue weighted by Crippen LogP contribution is 2.30. The first kappa shape index (κ1) is 15.9. The molecule has 1 atom stereocenters. The molecule has 0 fully saturated rings. The average molecular weight is 321 g/mol. The number of hydrogen-bond donors (Lipinski definition) is 2. The van der Waals surface area contributed by atoms with Crippen LogP contribution >= 0.6 is 23.4 Å². The minimum absolute atomic E-state index is 0.391. The Kier molecular flexibility index (Phi) is 5.28. The summed E-state index contributed by atoms with van der Waals surface area (Å²) in [5, 5.41) is 3.78. The summed E-state index contributed by atoms with van der Waals surface area (Å²) in [6.07, 6.45) is 0. The maximum atomic E-state index is 12.1. The molecule has 0 aromatic heterocycles. The van der Waals surface area contributed by atoms with Crippen molar-refractivity contribution in [3.63, 3.8) is 0 Å². The van der Waals surface area contributed by atoms with Crippen LogP contribution in [0, 0.1) is 0 Å². The van der Waals surface area contributed by atoms with Crippen LogP contribution in [0.4, 0.5) is 0 Å².